The molecule has 0 spiro atoms. The molecule has 0 aliphatic heterocycles. The van der Waals surface area contributed by atoms with Gasteiger partial charge in [-0.3, -0.25) is 0 Å². The Balaban J connectivity index is 0. The fourth-order valence-corrected chi connectivity index (χ4v) is 0. The van der Waals surface area contributed by atoms with Crippen LogP contribution in [0.15, 0.2) is 0 Å². The van der Waals surface area contributed by atoms with Gasteiger partial charge in [-0.15, -0.1) is 9.24 Å². The molecular formula is C4H11LiP. The number of hydrogen-bond acceptors (Lipinski definition) is 0. The Hall–Kier alpha value is 1.03. The summed E-state index contributed by atoms with van der Waals surface area (Å²) in [6, 6.07) is 0. The van der Waals surface area contributed by atoms with Gasteiger partial charge in [-0.25, -0.2) is 0 Å². The standard InChI is InChI=1S/C4H11P.Li/c1-4(2)3-5;/h4H,3,5H2,1-2H3;. The Bertz CT molecular complexity index is 21.5. The van der Waals surface area contributed by atoms with Gasteiger partial charge in [-0.2, -0.15) is 0 Å². The fraction of sp³-hybridized carbons (Fsp3) is 1.00. The third-order valence-corrected chi connectivity index (χ3v) is 1.41. The second kappa shape index (κ2) is 6.03. The van der Waals surface area contributed by atoms with E-state index in [0.29, 0.717) is 0 Å². The molecule has 0 aliphatic carbocycles. The predicted octanol–water partition coefficient (Wildman–Crippen LogP) is 1.14. The van der Waals surface area contributed by atoms with Crippen molar-refractivity contribution in [3.05, 3.63) is 0 Å². The van der Waals surface area contributed by atoms with Gasteiger partial charge < -0.3 is 0 Å². The number of rotatable bonds is 1. The van der Waals surface area contributed by atoms with E-state index >= 15 is 0 Å². The second-order valence-corrected chi connectivity index (χ2v) is 2.10. The van der Waals surface area contributed by atoms with Crippen LogP contribution in [-0.2, 0) is 0 Å². The zero-order valence-electron chi connectivity index (χ0n) is 4.86. The summed E-state index contributed by atoms with van der Waals surface area (Å²) in [6.45, 7) is 4.40. The Kier molecular flexibility index (Phi) is 10.1. The van der Waals surface area contributed by atoms with Crippen LogP contribution in [0.3, 0.4) is 0 Å². The largest absolute Gasteiger partial charge is 0.137 e. The van der Waals surface area contributed by atoms with Gasteiger partial charge in [0.05, 0.1) is 0 Å². The number of hydrogen-bond donors (Lipinski definition) is 0. The summed E-state index contributed by atoms with van der Waals surface area (Å²) < 4.78 is 0. The minimum Gasteiger partial charge on any atom is -0.137 e. The van der Waals surface area contributed by atoms with E-state index < -0.39 is 0 Å². The van der Waals surface area contributed by atoms with Gasteiger partial charge in [0.15, 0.2) is 0 Å². The Morgan fingerprint density at radius 3 is 1.67 bits per heavy atom. The molecule has 0 amide bonds. The Labute approximate surface area is 54.5 Å². The Morgan fingerprint density at radius 2 is 1.67 bits per heavy atom. The van der Waals surface area contributed by atoms with Crippen molar-refractivity contribution < 1.29 is 0 Å². The molecule has 0 nitrogen and oxygen atoms in total. The van der Waals surface area contributed by atoms with Gasteiger partial charge in [0, 0.05) is 18.9 Å². The summed E-state index contributed by atoms with van der Waals surface area (Å²) in [6.07, 6.45) is 1.22. The molecule has 33 valence electrons. The average molecular weight is 97.0 g/mol. The van der Waals surface area contributed by atoms with Crippen molar-refractivity contribution in [2.45, 2.75) is 13.8 Å². The van der Waals surface area contributed by atoms with Gasteiger partial charge in [0.2, 0.25) is 0 Å². The SMILES string of the molecule is CC(C)CP.[Li]. The van der Waals surface area contributed by atoms with E-state index in [1.165, 1.54) is 6.16 Å². The molecule has 0 fully saturated rings. The van der Waals surface area contributed by atoms with E-state index in [4.69, 9.17) is 0 Å². The molecule has 0 aliphatic rings. The second-order valence-electron chi connectivity index (χ2n) is 1.63. The van der Waals surface area contributed by atoms with Gasteiger partial charge in [0.1, 0.15) is 0 Å². The molecule has 0 aromatic rings. The van der Waals surface area contributed by atoms with E-state index in [2.05, 4.69) is 23.1 Å². The smallest absolute Gasteiger partial charge is 0 e. The van der Waals surface area contributed by atoms with Gasteiger partial charge in [-0.1, -0.05) is 13.8 Å². The first-order valence-corrected chi connectivity index (χ1v) is 2.79. The van der Waals surface area contributed by atoms with Crippen LogP contribution in [0.2, 0.25) is 0 Å². The first kappa shape index (κ1) is 10.1. The summed E-state index contributed by atoms with van der Waals surface area (Å²) in [5.74, 6) is 0.847. The molecule has 2 heteroatoms. The average Bonchev–Trinajstić information content (AvgIpc) is 1.38. The third-order valence-electron chi connectivity index (χ3n) is 0.471. The zero-order chi connectivity index (χ0) is 4.28. The van der Waals surface area contributed by atoms with Crippen molar-refractivity contribution in [1.29, 1.82) is 0 Å². The molecule has 1 atom stereocenters. The van der Waals surface area contributed by atoms with Crippen LogP contribution in [-0.4, -0.2) is 25.0 Å². The van der Waals surface area contributed by atoms with Crippen LogP contribution < -0.4 is 0 Å². The first-order chi connectivity index (χ1) is 2.27. The molecule has 1 radical (unpaired) electrons. The Morgan fingerprint density at radius 1 is 1.50 bits per heavy atom. The van der Waals surface area contributed by atoms with Crippen molar-refractivity contribution in [3.8, 4) is 0 Å². The summed E-state index contributed by atoms with van der Waals surface area (Å²) in [5, 5.41) is 0. The molecule has 0 saturated heterocycles. The molecule has 0 bridgehead atoms. The van der Waals surface area contributed by atoms with Crippen LogP contribution in [0.1, 0.15) is 13.8 Å². The maximum Gasteiger partial charge on any atom is 0 e. The summed E-state index contributed by atoms with van der Waals surface area (Å²) in [4.78, 5) is 0. The topological polar surface area (TPSA) is 0 Å². The van der Waals surface area contributed by atoms with Crippen LogP contribution in [0, 0.1) is 5.92 Å². The molecule has 6 heavy (non-hydrogen) atoms. The summed E-state index contributed by atoms with van der Waals surface area (Å²) in [7, 11) is 2.69. The van der Waals surface area contributed by atoms with Crippen molar-refractivity contribution >= 4 is 28.1 Å². The monoisotopic (exact) mass is 97.1 g/mol. The maximum absolute atomic E-state index is 2.69. The predicted molar refractivity (Wildman–Crippen MR) is 35.2 cm³/mol. The minimum atomic E-state index is 0. The normalized spacial score (nSPS) is 8.00. The summed E-state index contributed by atoms with van der Waals surface area (Å²) in [5.41, 5.74) is 0. The van der Waals surface area contributed by atoms with Gasteiger partial charge in [-0.05, 0) is 12.1 Å². The van der Waals surface area contributed by atoms with Crippen molar-refractivity contribution in [1.82, 2.24) is 0 Å². The van der Waals surface area contributed by atoms with E-state index in [-0.39, 0.29) is 18.9 Å². The maximum atomic E-state index is 2.69. The van der Waals surface area contributed by atoms with Crippen molar-refractivity contribution in [2.75, 3.05) is 6.16 Å². The van der Waals surface area contributed by atoms with E-state index in [0.717, 1.165) is 5.92 Å². The van der Waals surface area contributed by atoms with Crippen LogP contribution in [0.25, 0.3) is 0 Å². The zero-order valence-corrected chi connectivity index (χ0v) is 6.02. The summed E-state index contributed by atoms with van der Waals surface area (Å²) >= 11 is 0. The van der Waals surface area contributed by atoms with Crippen LogP contribution >= 0.6 is 9.24 Å². The third kappa shape index (κ3) is 8.90. The molecule has 1 unspecified atom stereocenters. The molecule has 0 aromatic carbocycles. The van der Waals surface area contributed by atoms with E-state index in [1.807, 2.05) is 0 Å². The van der Waals surface area contributed by atoms with Crippen molar-refractivity contribution in [2.24, 2.45) is 5.92 Å². The minimum absolute atomic E-state index is 0. The molecule has 0 N–H and O–H groups in total. The first-order valence-electron chi connectivity index (χ1n) is 1.97. The molecule has 0 heterocycles. The molecule has 0 aromatic heterocycles. The van der Waals surface area contributed by atoms with Gasteiger partial charge in [0.25, 0.3) is 0 Å². The van der Waals surface area contributed by atoms with Crippen LogP contribution in [0.5, 0.6) is 0 Å². The van der Waals surface area contributed by atoms with E-state index in [1.54, 1.807) is 0 Å². The molecule has 0 rings (SSSR count). The molecular weight excluding hydrogens is 86.0 g/mol. The fourth-order valence-electron chi connectivity index (χ4n) is 0. The van der Waals surface area contributed by atoms with Gasteiger partial charge >= 0.3 is 0 Å². The van der Waals surface area contributed by atoms with E-state index in [9.17, 15) is 0 Å². The quantitative estimate of drug-likeness (QED) is 0.340. The molecule has 0 saturated carbocycles. The van der Waals surface area contributed by atoms with Crippen molar-refractivity contribution in [3.63, 3.8) is 0 Å². The van der Waals surface area contributed by atoms with Crippen LogP contribution in [0.4, 0.5) is 0 Å².